The number of nitrogens with zero attached hydrogens (tertiary/aromatic N) is 3. The lowest BCUT2D eigenvalue weighted by molar-refractivity contribution is -0.740. The van der Waals surface area contributed by atoms with E-state index in [1.807, 2.05) is 30.3 Å². The first-order valence-electron chi connectivity index (χ1n) is 6.17. The van der Waals surface area contributed by atoms with Gasteiger partial charge in [0.1, 0.15) is 5.52 Å². The molecule has 1 heterocycles. The Morgan fingerprint density at radius 3 is 2.57 bits per heavy atom. The smallest absolute Gasteiger partial charge is 0.288 e. The van der Waals surface area contributed by atoms with Crippen LogP contribution >= 0.6 is 0 Å². The molecule has 1 N–H and O–H groups in total. The largest absolute Gasteiger partial charge is 0.760 e. The Hall–Kier alpha value is -1.90. The Labute approximate surface area is 126 Å². The molecule has 0 radical (unpaired) electrons. The third kappa shape index (κ3) is 5.94. The van der Waals surface area contributed by atoms with E-state index >= 15 is 0 Å². The molecule has 114 valence electrons. The Bertz CT molecular complexity index is 634. The second-order valence-corrected chi connectivity index (χ2v) is 5.44. The number of carbonyl (C=O) groups is 1. The van der Waals surface area contributed by atoms with Crippen LogP contribution in [0.4, 0.5) is 0 Å². The van der Waals surface area contributed by atoms with E-state index in [4.69, 9.17) is 0 Å². The Morgan fingerprint density at radius 2 is 2.00 bits per heavy atom. The molecule has 1 atom stereocenters. The highest BCUT2D eigenvalue weighted by molar-refractivity contribution is 7.76. The van der Waals surface area contributed by atoms with Crippen LogP contribution in [0.25, 0.3) is 10.9 Å². The second kappa shape index (κ2) is 8.40. The lowest BCUT2D eigenvalue weighted by Crippen LogP contribution is -2.44. The zero-order valence-corrected chi connectivity index (χ0v) is 13.0. The highest BCUT2D eigenvalue weighted by atomic mass is 32.2. The first-order chi connectivity index (χ1) is 9.93. The Morgan fingerprint density at radius 1 is 1.38 bits per heavy atom. The zero-order chi connectivity index (χ0) is 15.8. The molecule has 1 unspecified atom stereocenters. The third-order valence-electron chi connectivity index (χ3n) is 2.48. The van der Waals surface area contributed by atoms with Gasteiger partial charge < -0.3 is 9.87 Å². The maximum absolute atomic E-state index is 11.1. The normalized spacial score (nSPS) is 11.7. The number of aromatic nitrogens is 2. The average Bonchev–Trinajstić information content (AvgIpc) is 2.47. The SMILES string of the molecule is CN(C)S(=O)[O-].CNC(=O)C[n+]1ccc2ccccc2n1. The van der Waals surface area contributed by atoms with Gasteiger partial charge in [0, 0.05) is 34.9 Å². The average molecular weight is 310 g/mol. The van der Waals surface area contributed by atoms with E-state index in [1.165, 1.54) is 14.1 Å². The number of fused-ring (bicyclic) bond motifs is 1. The maximum Gasteiger partial charge on any atom is 0.288 e. The fourth-order valence-electron chi connectivity index (χ4n) is 1.37. The van der Waals surface area contributed by atoms with Crippen molar-refractivity contribution in [3.63, 3.8) is 0 Å². The van der Waals surface area contributed by atoms with Gasteiger partial charge >= 0.3 is 0 Å². The number of rotatable bonds is 3. The maximum atomic E-state index is 11.1. The van der Waals surface area contributed by atoms with Gasteiger partial charge in [-0.3, -0.25) is 9.00 Å². The molecule has 0 aliphatic carbocycles. The van der Waals surface area contributed by atoms with Gasteiger partial charge in [-0.1, -0.05) is 22.9 Å². The van der Waals surface area contributed by atoms with Crippen LogP contribution in [0.2, 0.25) is 0 Å². The fourth-order valence-corrected chi connectivity index (χ4v) is 1.37. The quantitative estimate of drug-likeness (QED) is 0.618. The van der Waals surface area contributed by atoms with Crippen LogP contribution in [0.15, 0.2) is 36.5 Å². The van der Waals surface area contributed by atoms with Gasteiger partial charge in [0.05, 0.1) is 0 Å². The monoisotopic (exact) mass is 310 g/mol. The summed E-state index contributed by atoms with van der Waals surface area (Å²) in [5.41, 5.74) is 0.893. The van der Waals surface area contributed by atoms with Gasteiger partial charge in [-0.25, -0.2) is 4.31 Å². The van der Waals surface area contributed by atoms with Crippen molar-refractivity contribution in [3.8, 4) is 0 Å². The standard InChI is InChI=1S/C11H11N3O.C2H7NO2S/c1-12-11(15)8-14-7-6-9-4-2-3-5-10(9)13-14;1-3(2)6(4)5/h2-7H,8H2,1H3;1-2H3,(H,4,5). The van der Waals surface area contributed by atoms with E-state index in [9.17, 15) is 13.6 Å². The summed E-state index contributed by atoms with van der Waals surface area (Å²) in [6.07, 6.45) is 1.80. The second-order valence-electron chi connectivity index (χ2n) is 4.27. The lowest BCUT2D eigenvalue weighted by atomic mass is 10.2. The predicted octanol–water partition coefficient (Wildman–Crippen LogP) is -0.390. The van der Waals surface area contributed by atoms with Crippen LogP contribution in [0.3, 0.4) is 0 Å². The van der Waals surface area contributed by atoms with Crippen LogP contribution < -0.4 is 10.00 Å². The summed E-state index contributed by atoms with van der Waals surface area (Å²) in [5, 5.41) is 7.96. The molecule has 0 saturated carbocycles. The minimum atomic E-state index is -2.03. The minimum Gasteiger partial charge on any atom is -0.760 e. The molecule has 21 heavy (non-hydrogen) atoms. The predicted molar refractivity (Wildman–Crippen MR) is 78.6 cm³/mol. The minimum absolute atomic E-state index is 0.0530. The van der Waals surface area contributed by atoms with Gasteiger partial charge in [-0.15, -0.1) is 0 Å². The molecule has 0 spiro atoms. The molecule has 0 fully saturated rings. The zero-order valence-electron chi connectivity index (χ0n) is 12.1. The van der Waals surface area contributed by atoms with Gasteiger partial charge in [-0.05, 0) is 20.2 Å². The molecule has 2 rings (SSSR count). The van der Waals surface area contributed by atoms with Crippen molar-refractivity contribution >= 4 is 28.1 Å². The van der Waals surface area contributed by atoms with Gasteiger partial charge in [0.2, 0.25) is 0 Å². The molecule has 8 heteroatoms. The molecular weight excluding hydrogens is 292 g/mol. The number of carbonyl (C=O) groups excluding carboxylic acids is 1. The molecule has 7 nitrogen and oxygen atoms in total. The number of hydrogen-bond donors (Lipinski definition) is 1. The first kappa shape index (κ1) is 17.2. The molecular formula is C13H18N4O3S. The van der Waals surface area contributed by atoms with E-state index in [0.717, 1.165) is 15.2 Å². The van der Waals surface area contributed by atoms with Crippen molar-refractivity contribution < 1.29 is 18.2 Å². The summed E-state index contributed by atoms with van der Waals surface area (Å²) in [6, 6.07) is 9.76. The number of likely N-dealkylation sites (N-methyl/N-ethyl adjacent to an activating group) is 1. The number of benzene rings is 1. The number of hydrogen-bond acceptors (Lipinski definition) is 4. The Kier molecular flexibility index (Phi) is 6.86. The van der Waals surface area contributed by atoms with E-state index in [2.05, 4.69) is 10.4 Å². The molecule has 1 aromatic carbocycles. The van der Waals surface area contributed by atoms with Gasteiger partial charge in [0.25, 0.3) is 12.5 Å². The first-order valence-corrected chi connectivity index (χ1v) is 7.20. The molecule has 1 amide bonds. The van der Waals surface area contributed by atoms with Crippen molar-refractivity contribution in [1.29, 1.82) is 0 Å². The van der Waals surface area contributed by atoms with Crippen LogP contribution in [0, 0.1) is 0 Å². The molecule has 2 aromatic rings. The van der Waals surface area contributed by atoms with Gasteiger partial charge in [0.15, 0.2) is 6.20 Å². The lowest BCUT2D eigenvalue weighted by Gasteiger charge is -2.10. The van der Waals surface area contributed by atoms with Crippen molar-refractivity contribution in [2.24, 2.45) is 0 Å². The highest BCUT2D eigenvalue weighted by Gasteiger charge is 2.09. The summed E-state index contributed by atoms with van der Waals surface area (Å²) >= 11 is -2.03. The van der Waals surface area contributed by atoms with E-state index in [-0.39, 0.29) is 12.5 Å². The fraction of sp³-hybridized carbons (Fsp3) is 0.308. The van der Waals surface area contributed by atoms with Crippen molar-refractivity contribution in [2.75, 3.05) is 21.1 Å². The van der Waals surface area contributed by atoms with Crippen molar-refractivity contribution in [1.82, 2.24) is 14.7 Å². The topological polar surface area (TPSA) is 89.2 Å². The van der Waals surface area contributed by atoms with E-state index < -0.39 is 11.3 Å². The van der Waals surface area contributed by atoms with E-state index in [0.29, 0.717) is 0 Å². The van der Waals surface area contributed by atoms with E-state index in [1.54, 1.807) is 17.9 Å². The number of nitrogens with one attached hydrogen (secondary N) is 1. The number of amides is 1. The molecule has 1 aromatic heterocycles. The molecule has 0 aliphatic heterocycles. The van der Waals surface area contributed by atoms with Crippen molar-refractivity contribution in [3.05, 3.63) is 36.5 Å². The summed E-state index contributed by atoms with van der Waals surface area (Å²) < 4.78 is 22.0. The Balaban J connectivity index is 0.000000315. The highest BCUT2D eigenvalue weighted by Crippen LogP contribution is 2.06. The summed E-state index contributed by atoms with van der Waals surface area (Å²) in [6.45, 7) is 0.251. The molecule has 0 bridgehead atoms. The van der Waals surface area contributed by atoms with Crippen LogP contribution in [0.5, 0.6) is 0 Å². The molecule has 0 aliphatic rings. The van der Waals surface area contributed by atoms with Crippen LogP contribution in [0.1, 0.15) is 0 Å². The summed E-state index contributed by atoms with van der Waals surface area (Å²) in [7, 11) is 4.54. The van der Waals surface area contributed by atoms with Gasteiger partial charge in [-0.2, -0.15) is 0 Å². The van der Waals surface area contributed by atoms with Crippen LogP contribution in [-0.2, 0) is 22.6 Å². The summed E-state index contributed by atoms with van der Waals surface area (Å²) in [4.78, 5) is 11.1. The van der Waals surface area contributed by atoms with Crippen molar-refractivity contribution in [2.45, 2.75) is 6.54 Å². The third-order valence-corrected chi connectivity index (χ3v) is 3.08. The van der Waals surface area contributed by atoms with Crippen LogP contribution in [-0.4, -0.2) is 45.2 Å². The summed E-state index contributed by atoms with van der Waals surface area (Å²) in [5.74, 6) is -0.0530. The molecule has 0 saturated heterocycles.